The first-order chi connectivity index (χ1) is 10.0. The van der Waals surface area contributed by atoms with Gasteiger partial charge in [-0.15, -0.1) is 0 Å². The molecule has 21 heavy (non-hydrogen) atoms. The summed E-state index contributed by atoms with van der Waals surface area (Å²) in [6, 6.07) is 5.22. The van der Waals surface area contributed by atoms with E-state index < -0.39 is 0 Å². The summed E-state index contributed by atoms with van der Waals surface area (Å²) in [6.45, 7) is 4.15. The molecule has 2 aromatic rings. The highest BCUT2D eigenvalue weighted by atomic mass is 32.1. The van der Waals surface area contributed by atoms with E-state index in [1.807, 2.05) is 6.92 Å². The maximum absolute atomic E-state index is 12.2. The Labute approximate surface area is 126 Å². The van der Waals surface area contributed by atoms with E-state index in [4.69, 9.17) is 15.2 Å². The number of carbonyl (C=O) groups is 1. The second kappa shape index (κ2) is 6.45. The highest BCUT2D eigenvalue weighted by Crippen LogP contribution is 2.30. The Morgan fingerprint density at radius 1 is 1.43 bits per heavy atom. The highest BCUT2D eigenvalue weighted by molar-refractivity contribution is 7.17. The molecule has 0 saturated carbocycles. The molecule has 0 aliphatic carbocycles. The highest BCUT2D eigenvalue weighted by Gasteiger charge is 2.15. The summed E-state index contributed by atoms with van der Waals surface area (Å²) < 4.78 is 10.7. The number of benzene rings is 1. The van der Waals surface area contributed by atoms with Crippen molar-refractivity contribution in [1.82, 2.24) is 4.98 Å². The first-order valence-corrected chi connectivity index (χ1v) is 7.22. The zero-order valence-corrected chi connectivity index (χ0v) is 12.9. The molecular weight excluding hydrogens is 290 g/mol. The van der Waals surface area contributed by atoms with Crippen LogP contribution in [0.5, 0.6) is 11.5 Å². The van der Waals surface area contributed by atoms with Gasteiger partial charge < -0.3 is 20.5 Å². The van der Waals surface area contributed by atoms with Gasteiger partial charge in [0.05, 0.1) is 19.4 Å². The van der Waals surface area contributed by atoms with Crippen molar-refractivity contribution in [3.63, 3.8) is 0 Å². The second-order valence-electron chi connectivity index (χ2n) is 4.22. The number of nitrogen functional groups attached to an aromatic ring is 1. The molecule has 0 atom stereocenters. The van der Waals surface area contributed by atoms with Gasteiger partial charge in [-0.05, 0) is 26.0 Å². The van der Waals surface area contributed by atoms with Crippen LogP contribution < -0.4 is 20.5 Å². The molecule has 1 aromatic heterocycles. The molecule has 0 bridgehead atoms. The molecular formula is C14H17N3O3S. The summed E-state index contributed by atoms with van der Waals surface area (Å²) in [7, 11) is 1.57. The number of aryl methyl sites for hydroxylation is 1. The van der Waals surface area contributed by atoms with Gasteiger partial charge in [0, 0.05) is 11.8 Å². The third-order valence-electron chi connectivity index (χ3n) is 2.74. The Morgan fingerprint density at radius 2 is 2.19 bits per heavy atom. The van der Waals surface area contributed by atoms with Gasteiger partial charge in [-0.25, -0.2) is 4.98 Å². The van der Waals surface area contributed by atoms with E-state index in [2.05, 4.69) is 10.3 Å². The molecule has 0 aliphatic heterocycles. The Morgan fingerprint density at radius 3 is 2.76 bits per heavy atom. The molecule has 0 fully saturated rings. The van der Waals surface area contributed by atoms with E-state index in [1.54, 1.807) is 32.2 Å². The Bertz CT molecular complexity index is 655. The van der Waals surface area contributed by atoms with E-state index in [0.717, 1.165) is 11.3 Å². The van der Waals surface area contributed by atoms with Crippen LogP contribution in [0, 0.1) is 6.92 Å². The number of nitrogens with one attached hydrogen (secondary N) is 1. The molecule has 0 spiro atoms. The van der Waals surface area contributed by atoms with Crippen molar-refractivity contribution >= 4 is 28.1 Å². The molecule has 3 N–H and O–H groups in total. The maximum Gasteiger partial charge on any atom is 0.267 e. The van der Waals surface area contributed by atoms with Crippen molar-refractivity contribution in [3.8, 4) is 11.5 Å². The summed E-state index contributed by atoms with van der Waals surface area (Å²) in [5.41, 5.74) is 6.84. The summed E-state index contributed by atoms with van der Waals surface area (Å²) in [6.07, 6.45) is 0. The third kappa shape index (κ3) is 3.43. The number of rotatable bonds is 5. The lowest BCUT2D eigenvalue weighted by atomic mass is 10.2. The molecule has 7 heteroatoms. The first kappa shape index (κ1) is 15.1. The smallest absolute Gasteiger partial charge is 0.267 e. The van der Waals surface area contributed by atoms with Crippen LogP contribution in [0.25, 0.3) is 0 Å². The number of nitrogens with two attached hydrogens (primary N) is 1. The molecule has 0 aliphatic rings. The van der Waals surface area contributed by atoms with Crippen LogP contribution in [-0.2, 0) is 0 Å². The number of hydrogen-bond donors (Lipinski definition) is 2. The van der Waals surface area contributed by atoms with Gasteiger partial charge in [0.2, 0.25) is 0 Å². The molecule has 0 unspecified atom stereocenters. The van der Waals surface area contributed by atoms with E-state index in [9.17, 15) is 4.79 Å². The van der Waals surface area contributed by atoms with Crippen LogP contribution in [0.4, 0.5) is 10.8 Å². The monoisotopic (exact) mass is 307 g/mol. The van der Waals surface area contributed by atoms with Gasteiger partial charge in [-0.2, -0.15) is 0 Å². The van der Waals surface area contributed by atoms with Crippen molar-refractivity contribution in [2.75, 3.05) is 24.8 Å². The van der Waals surface area contributed by atoms with Crippen molar-refractivity contribution < 1.29 is 14.3 Å². The van der Waals surface area contributed by atoms with Crippen LogP contribution in [0.15, 0.2) is 18.2 Å². The molecule has 1 aromatic carbocycles. The molecule has 0 saturated heterocycles. The molecule has 112 valence electrons. The zero-order chi connectivity index (χ0) is 15.4. The van der Waals surface area contributed by atoms with Crippen LogP contribution in [-0.4, -0.2) is 24.6 Å². The lowest BCUT2D eigenvalue weighted by Gasteiger charge is -2.11. The lowest BCUT2D eigenvalue weighted by molar-refractivity contribution is 0.103. The van der Waals surface area contributed by atoms with Gasteiger partial charge in [-0.3, -0.25) is 4.79 Å². The minimum Gasteiger partial charge on any atom is -0.493 e. The fourth-order valence-corrected chi connectivity index (χ4v) is 2.57. The number of anilines is 2. The fourth-order valence-electron chi connectivity index (χ4n) is 1.84. The quantitative estimate of drug-likeness (QED) is 0.887. The van der Waals surface area contributed by atoms with Gasteiger partial charge in [0.15, 0.2) is 16.6 Å². The SMILES string of the molecule is CCOc1cc(NC(=O)c2sc(N)nc2C)ccc1OC. The molecule has 1 amide bonds. The predicted molar refractivity (Wildman–Crippen MR) is 83.4 cm³/mol. The van der Waals surface area contributed by atoms with Crippen LogP contribution in [0.2, 0.25) is 0 Å². The number of ether oxygens (including phenoxy) is 2. The standard InChI is InChI=1S/C14H17N3O3S/c1-4-20-11-7-9(5-6-10(11)19-3)17-13(18)12-8(2)16-14(15)21-12/h5-7H,4H2,1-3H3,(H2,15,16)(H,17,18). The number of thiazole rings is 1. The Kier molecular flexibility index (Phi) is 4.64. The second-order valence-corrected chi connectivity index (χ2v) is 5.25. The Balaban J connectivity index is 2.21. The van der Waals surface area contributed by atoms with Crippen molar-refractivity contribution in [1.29, 1.82) is 0 Å². The molecule has 0 radical (unpaired) electrons. The van der Waals surface area contributed by atoms with Crippen molar-refractivity contribution in [3.05, 3.63) is 28.8 Å². The average Bonchev–Trinajstić information content (AvgIpc) is 2.78. The topological polar surface area (TPSA) is 86.5 Å². The number of amides is 1. The average molecular weight is 307 g/mol. The van der Waals surface area contributed by atoms with E-state index in [0.29, 0.717) is 39.5 Å². The molecule has 2 rings (SSSR count). The number of hydrogen-bond acceptors (Lipinski definition) is 6. The van der Waals surface area contributed by atoms with E-state index in [-0.39, 0.29) is 5.91 Å². The summed E-state index contributed by atoms with van der Waals surface area (Å²) in [5.74, 6) is 0.959. The maximum atomic E-state index is 12.2. The zero-order valence-electron chi connectivity index (χ0n) is 12.1. The summed E-state index contributed by atoms with van der Waals surface area (Å²) in [5, 5.41) is 3.18. The summed E-state index contributed by atoms with van der Waals surface area (Å²) >= 11 is 1.16. The molecule has 1 heterocycles. The number of carbonyl (C=O) groups excluding carboxylic acids is 1. The number of aromatic nitrogens is 1. The largest absolute Gasteiger partial charge is 0.493 e. The van der Waals surface area contributed by atoms with Gasteiger partial charge in [-0.1, -0.05) is 11.3 Å². The first-order valence-electron chi connectivity index (χ1n) is 6.40. The summed E-state index contributed by atoms with van der Waals surface area (Å²) in [4.78, 5) is 16.7. The van der Waals surface area contributed by atoms with E-state index in [1.165, 1.54) is 0 Å². The van der Waals surface area contributed by atoms with Crippen LogP contribution >= 0.6 is 11.3 Å². The van der Waals surface area contributed by atoms with Gasteiger partial charge in [0.1, 0.15) is 4.88 Å². The normalized spacial score (nSPS) is 10.2. The minimum absolute atomic E-state index is 0.241. The van der Waals surface area contributed by atoms with Gasteiger partial charge in [0.25, 0.3) is 5.91 Å². The van der Waals surface area contributed by atoms with E-state index >= 15 is 0 Å². The van der Waals surface area contributed by atoms with Crippen LogP contribution in [0.1, 0.15) is 22.3 Å². The predicted octanol–water partition coefficient (Wildman–Crippen LogP) is 2.69. The Hall–Kier alpha value is -2.28. The third-order valence-corrected chi connectivity index (χ3v) is 3.73. The van der Waals surface area contributed by atoms with Crippen LogP contribution in [0.3, 0.4) is 0 Å². The minimum atomic E-state index is -0.241. The number of nitrogens with zero attached hydrogens (tertiary/aromatic N) is 1. The van der Waals surface area contributed by atoms with Crippen molar-refractivity contribution in [2.24, 2.45) is 0 Å². The van der Waals surface area contributed by atoms with Crippen molar-refractivity contribution in [2.45, 2.75) is 13.8 Å². The molecule has 6 nitrogen and oxygen atoms in total. The lowest BCUT2D eigenvalue weighted by Crippen LogP contribution is -2.11. The fraction of sp³-hybridized carbons (Fsp3) is 0.286. The number of methoxy groups -OCH3 is 1. The van der Waals surface area contributed by atoms with Gasteiger partial charge >= 0.3 is 0 Å².